The van der Waals surface area contributed by atoms with E-state index in [2.05, 4.69) is 4.98 Å². The molecule has 210 valence electrons. The molecule has 0 aliphatic carbocycles. The van der Waals surface area contributed by atoms with Crippen molar-refractivity contribution in [2.24, 2.45) is 5.73 Å². The largest absolute Gasteiger partial charge is 0.460 e. The highest BCUT2D eigenvalue weighted by Crippen LogP contribution is 2.35. The maximum atomic E-state index is 15.4. The topological polar surface area (TPSA) is 132 Å². The van der Waals surface area contributed by atoms with Crippen LogP contribution in [0.2, 0.25) is 10.0 Å². The van der Waals surface area contributed by atoms with Crippen molar-refractivity contribution >= 4 is 46.9 Å². The van der Waals surface area contributed by atoms with Crippen molar-refractivity contribution in [1.29, 1.82) is 0 Å². The number of primary amides is 1. The van der Waals surface area contributed by atoms with Crippen molar-refractivity contribution in [3.05, 3.63) is 62.9 Å². The van der Waals surface area contributed by atoms with Gasteiger partial charge in [-0.1, -0.05) is 23.2 Å². The summed E-state index contributed by atoms with van der Waals surface area (Å²) >= 11 is 11.5. The normalized spacial score (nSPS) is 15.5. The maximum Gasteiger partial charge on any atom is 0.306 e. The van der Waals surface area contributed by atoms with Gasteiger partial charge in [0.2, 0.25) is 5.91 Å². The SMILES string of the molecule is CC(C)(C)OC(=O)CCC(C(N)=O)N1Cc2cc(C(=O)NC(F)(c3ncc(Cl)cc3Cl)C(F)F)ccc2C1=O. The fourth-order valence-electron chi connectivity index (χ4n) is 3.97. The first-order valence-corrected chi connectivity index (χ1v) is 12.3. The first-order valence-electron chi connectivity index (χ1n) is 11.6. The van der Waals surface area contributed by atoms with Crippen LogP contribution in [0.15, 0.2) is 30.5 Å². The number of esters is 1. The number of aromatic nitrogens is 1. The molecule has 0 radical (unpaired) electrons. The Hall–Kier alpha value is -3.38. The molecule has 3 amide bonds. The summed E-state index contributed by atoms with van der Waals surface area (Å²) in [5.74, 6) is -7.02. The molecule has 0 bridgehead atoms. The van der Waals surface area contributed by atoms with Crippen LogP contribution in [0.25, 0.3) is 0 Å². The number of hydrogen-bond acceptors (Lipinski definition) is 6. The number of halogens is 5. The highest BCUT2D eigenvalue weighted by Gasteiger charge is 2.47. The number of hydrogen-bond donors (Lipinski definition) is 2. The minimum atomic E-state index is -3.75. The third kappa shape index (κ3) is 6.80. The molecule has 0 fully saturated rings. The molecular formula is C25H25Cl2F3N4O5. The number of nitrogens with two attached hydrogens (primary N) is 1. The van der Waals surface area contributed by atoms with Crippen LogP contribution in [-0.4, -0.2) is 51.6 Å². The van der Waals surface area contributed by atoms with E-state index in [-0.39, 0.29) is 41.1 Å². The number of fused-ring (bicyclic) bond motifs is 1. The van der Waals surface area contributed by atoms with Gasteiger partial charge in [0.1, 0.15) is 17.3 Å². The summed E-state index contributed by atoms with van der Waals surface area (Å²) in [5.41, 5.74) is 3.95. The number of pyridine rings is 1. The molecule has 1 aromatic heterocycles. The summed E-state index contributed by atoms with van der Waals surface area (Å²) in [4.78, 5) is 54.7. The van der Waals surface area contributed by atoms with E-state index in [1.165, 1.54) is 12.1 Å². The predicted octanol–water partition coefficient (Wildman–Crippen LogP) is 4.14. The molecule has 0 spiro atoms. The fourth-order valence-corrected chi connectivity index (χ4v) is 4.49. The average Bonchev–Trinajstić information content (AvgIpc) is 3.13. The van der Waals surface area contributed by atoms with E-state index < -0.39 is 58.3 Å². The quantitative estimate of drug-likeness (QED) is 0.334. The average molecular weight is 589 g/mol. The number of rotatable bonds is 9. The Morgan fingerprint density at radius 3 is 2.44 bits per heavy atom. The number of amides is 3. The Kier molecular flexibility index (Phi) is 8.81. The van der Waals surface area contributed by atoms with Crippen molar-refractivity contribution in [2.75, 3.05) is 0 Å². The van der Waals surface area contributed by atoms with Gasteiger partial charge in [0.15, 0.2) is 0 Å². The van der Waals surface area contributed by atoms with E-state index in [0.717, 1.165) is 23.2 Å². The van der Waals surface area contributed by atoms with Crippen LogP contribution >= 0.6 is 23.2 Å². The van der Waals surface area contributed by atoms with Gasteiger partial charge in [-0.2, -0.15) is 0 Å². The van der Waals surface area contributed by atoms with E-state index in [0.29, 0.717) is 0 Å². The van der Waals surface area contributed by atoms with E-state index >= 15 is 4.39 Å². The molecule has 0 saturated heterocycles. The lowest BCUT2D eigenvalue weighted by Gasteiger charge is -2.26. The third-order valence-electron chi connectivity index (χ3n) is 5.69. The molecule has 9 nitrogen and oxygen atoms in total. The first kappa shape index (κ1) is 30.2. The molecule has 0 saturated carbocycles. The van der Waals surface area contributed by atoms with Gasteiger partial charge in [-0.15, -0.1) is 0 Å². The zero-order valence-electron chi connectivity index (χ0n) is 21.1. The van der Waals surface area contributed by atoms with Crippen LogP contribution in [0.1, 0.15) is 65.6 Å². The summed E-state index contributed by atoms with van der Waals surface area (Å²) in [6.07, 6.45) is -3.14. The predicted molar refractivity (Wildman–Crippen MR) is 135 cm³/mol. The van der Waals surface area contributed by atoms with Gasteiger partial charge in [-0.25, -0.2) is 13.2 Å². The van der Waals surface area contributed by atoms with Gasteiger partial charge in [0.25, 0.3) is 24.0 Å². The van der Waals surface area contributed by atoms with Gasteiger partial charge in [0.05, 0.1) is 10.0 Å². The summed E-state index contributed by atoms with van der Waals surface area (Å²) < 4.78 is 48.2. The third-order valence-corrected chi connectivity index (χ3v) is 6.19. The van der Waals surface area contributed by atoms with Crippen LogP contribution in [-0.2, 0) is 26.7 Å². The van der Waals surface area contributed by atoms with E-state index in [1.807, 2.05) is 0 Å². The molecule has 2 unspecified atom stereocenters. The second-order valence-corrected chi connectivity index (χ2v) is 10.6. The van der Waals surface area contributed by atoms with Gasteiger partial charge in [-0.05, 0) is 57.0 Å². The summed E-state index contributed by atoms with van der Waals surface area (Å²) in [7, 11) is 0. The van der Waals surface area contributed by atoms with Crippen LogP contribution < -0.4 is 11.1 Å². The lowest BCUT2D eigenvalue weighted by molar-refractivity contribution is -0.155. The van der Waals surface area contributed by atoms with Gasteiger partial charge in [0, 0.05) is 30.3 Å². The monoisotopic (exact) mass is 588 g/mol. The van der Waals surface area contributed by atoms with Crippen molar-refractivity contribution < 1.29 is 37.1 Å². The van der Waals surface area contributed by atoms with Crippen molar-refractivity contribution in [3.63, 3.8) is 0 Å². The van der Waals surface area contributed by atoms with Gasteiger partial charge in [-0.3, -0.25) is 24.2 Å². The Bertz CT molecular complexity index is 1320. The van der Waals surface area contributed by atoms with Crippen LogP contribution in [0.4, 0.5) is 13.2 Å². The number of ether oxygens (including phenoxy) is 1. The zero-order chi connectivity index (χ0) is 29.3. The second-order valence-electron chi connectivity index (χ2n) is 9.80. The lowest BCUT2D eigenvalue weighted by atomic mass is 10.0. The minimum Gasteiger partial charge on any atom is -0.460 e. The molecule has 1 aliphatic rings. The number of nitrogens with zero attached hydrogens (tertiary/aromatic N) is 2. The number of carbonyl (C=O) groups is 4. The van der Waals surface area contributed by atoms with E-state index in [9.17, 15) is 28.0 Å². The molecule has 3 rings (SSSR count). The number of alkyl halides is 3. The van der Waals surface area contributed by atoms with Crippen molar-refractivity contribution in [2.45, 2.75) is 64.0 Å². The second kappa shape index (κ2) is 11.4. The van der Waals surface area contributed by atoms with Crippen LogP contribution in [0.3, 0.4) is 0 Å². The summed E-state index contributed by atoms with van der Waals surface area (Å²) in [6.45, 7) is 4.87. The first-order chi connectivity index (χ1) is 18.0. The highest BCUT2D eigenvalue weighted by atomic mass is 35.5. The van der Waals surface area contributed by atoms with E-state index in [1.54, 1.807) is 26.1 Å². The van der Waals surface area contributed by atoms with Gasteiger partial charge >= 0.3 is 5.97 Å². The van der Waals surface area contributed by atoms with Crippen molar-refractivity contribution in [3.8, 4) is 0 Å². The molecule has 1 aromatic carbocycles. The zero-order valence-corrected chi connectivity index (χ0v) is 22.6. The Morgan fingerprint density at radius 2 is 1.87 bits per heavy atom. The molecule has 2 heterocycles. The fraction of sp³-hybridized carbons (Fsp3) is 0.400. The smallest absolute Gasteiger partial charge is 0.306 e. The molecule has 39 heavy (non-hydrogen) atoms. The highest BCUT2D eigenvalue weighted by molar-refractivity contribution is 6.34. The number of nitrogens with one attached hydrogen (secondary N) is 1. The van der Waals surface area contributed by atoms with Crippen LogP contribution in [0, 0.1) is 0 Å². The summed E-state index contributed by atoms with van der Waals surface area (Å²) in [6, 6.07) is 3.43. The number of carbonyl (C=O) groups excluding carboxylic acids is 4. The number of benzene rings is 1. The molecule has 1 aliphatic heterocycles. The lowest BCUT2D eigenvalue weighted by Crippen LogP contribution is -2.48. The van der Waals surface area contributed by atoms with E-state index in [4.69, 9.17) is 33.7 Å². The van der Waals surface area contributed by atoms with Crippen molar-refractivity contribution in [1.82, 2.24) is 15.2 Å². The molecule has 14 heteroatoms. The standard InChI is InChI=1S/C25H25Cl2F3N4O5/c1-24(2,3)39-18(35)7-6-17(20(31)36)34-11-13-8-12(4-5-15(13)22(34)38)21(37)33-25(30,23(28)29)19-16(27)9-14(26)10-32-19/h4-5,8-10,17,23H,6-7,11H2,1-3H3,(H2,31,36)(H,33,37). The summed E-state index contributed by atoms with van der Waals surface area (Å²) in [5, 5.41) is 1.07. The Labute approximate surface area is 231 Å². The van der Waals surface area contributed by atoms with Gasteiger partial charge < -0.3 is 20.7 Å². The Morgan fingerprint density at radius 1 is 1.21 bits per heavy atom. The Balaban J connectivity index is 1.80. The molecular weight excluding hydrogens is 564 g/mol. The molecule has 2 atom stereocenters. The maximum absolute atomic E-state index is 15.4. The van der Waals surface area contributed by atoms with Crippen LogP contribution in [0.5, 0.6) is 0 Å². The molecule has 2 aromatic rings. The minimum absolute atomic E-state index is 0.0279. The molecule has 3 N–H and O–H groups in total.